The maximum Gasteiger partial charge on any atom is 0.295 e. The van der Waals surface area contributed by atoms with Crippen LogP contribution >= 0.6 is 23.2 Å². The van der Waals surface area contributed by atoms with Gasteiger partial charge in [0.25, 0.3) is 5.89 Å². The van der Waals surface area contributed by atoms with Crippen LogP contribution < -0.4 is 4.90 Å². The SMILES string of the molecule is Cc1ccc2c(c1)C(C(=O)c1nc(-c3ncccn3)no1)C(Cl)N2Cc1ccc(Cl)cc1. The second-order valence-corrected chi connectivity index (χ2v) is 8.41. The number of hydrogen-bond acceptors (Lipinski definition) is 7. The monoisotopic (exact) mass is 465 g/mol. The Morgan fingerprint density at radius 3 is 2.59 bits per heavy atom. The Labute approximate surface area is 194 Å². The maximum absolute atomic E-state index is 13.5. The Balaban J connectivity index is 1.48. The summed E-state index contributed by atoms with van der Waals surface area (Å²) in [5.74, 6) is -0.691. The molecule has 0 aliphatic carbocycles. The van der Waals surface area contributed by atoms with Crippen LogP contribution in [0.2, 0.25) is 5.02 Å². The first-order chi connectivity index (χ1) is 15.5. The lowest BCUT2D eigenvalue weighted by Gasteiger charge is -2.25. The summed E-state index contributed by atoms with van der Waals surface area (Å²) in [7, 11) is 0. The molecule has 0 bridgehead atoms. The van der Waals surface area contributed by atoms with Gasteiger partial charge in [-0.2, -0.15) is 4.98 Å². The Hall–Kier alpha value is -3.29. The molecule has 2 unspecified atom stereocenters. The largest absolute Gasteiger partial charge is 0.350 e. The molecule has 2 atom stereocenters. The van der Waals surface area contributed by atoms with E-state index < -0.39 is 11.4 Å². The summed E-state index contributed by atoms with van der Waals surface area (Å²) in [6.45, 7) is 2.50. The highest BCUT2D eigenvalue weighted by molar-refractivity contribution is 6.30. The Kier molecular flexibility index (Phi) is 5.36. The summed E-state index contributed by atoms with van der Waals surface area (Å²) in [5.41, 5.74) is 3.16. The van der Waals surface area contributed by atoms with Crippen LogP contribution in [-0.4, -0.2) is 31.4 Å². The minimum absolute atomic E-state index is 0.121. The number of carbonyl (C=O) groups is 1. The summed E-state index contributed by atoms with van der Waals surface area (Å²) in [4.78, 5) is 27.9. The number of benzene rings is 2. The number of hydrogen-bond donors (Lipinski definition) is 0. The molecule has 0 saturated carbocycles. The minimum atomic E-state index is -0.663. The fourth-order valence-corrected chi connectivity index (χ4v) is 4.38. The van der Waals surface area contributed by atoms with E-state index in [9.17, 15) is 4.79 Å². The molecule has 0 amide bonds. The Morgan fingerprint density at radius 2 is 1.84 bits per heavy atom. The molecule has 9 heteroatoms. The van der Waals surface area contributed by atoms with Crippen LogP contribution in [0.3, 0.4) is 0 Å². The predicted octanol–water partition coefficient (Wildman–Crippen LogP) is 5.04. The van der Waals surface area contributed by atoms with Gasteiger partial charge in [-0.15, -0.1) is 0 Å². The van der Waals surface area contributed by atoms with Crippen molar-refractivity contribution in [2.24, 2.45) is 0 Å². The third-order valence-electron chi connectivity index (χ3n) is 5.35. The maximum atomic E-state index is 13.5. The van der Waals surface area contributed by atoms with E-state index in [1.807, 2.05) is 54.3 Å². The van der Waals surface area contributed by atoms with Gasteiger partial charge in [0.05, 0.1) is 5.92 Å². The molecular weight excluding hydrogens is 449 g/mol. The van der Waals surface area contributed by atoms with Gasteiger partial charge in [0, 0.05) is 29.6 Å². The number of nitrogens with zero attached hydrogens (tertiary/aromatic N) is 5. The number of ketones is 1. The first-order valence-electron chi connectivity index (χ1n) is 9.92. The average molecular weight is 466 g/mol. The van der Waals surface area contributed by atoms with Crippen LogP contribution in [0.1, 0.15) is 33.3 Å². The number of aromatic nitrogens is 4. The van der Waals surface area contributed by atoms with Crippen molar-refractivity contribution in [2.75, 3.05) is 4.90 Å². The van der Waals surface area contributed by atoms with Crippen LogP contribution in [0, 0.1) is 6.92 Å². The smallest absolute Gasteiger partial charge is 0.295 e. The van der Waals surface area contributed by atoms with Gasteiger partial charge >= 0.3 is 0 Å². The van der Waals surface area contributed by atoms with E-state index in [0.717, 1.165) is 22.4 Å². The fourth-order valence-electron chi connectivity index (χ4n) is 3.83. The molecule has 0 fully saturated rings. The van der Waals surface area contributed by atoms with Gasteiger partial charge in [0.2, 0.25) is 17.4 Å². The first-order valence-corrected chi connectivity index (χ1v) is 10.7. The van der Waals surface area contributed by atoms with Gasteiger partial charge in [-0.3, -0.25) is 4.79 Å². The van der Waals surface area contributed by atoms with E-state index in [1.165, 1.54) is 0 Å². The standard InChI is InChI=1S/C23H17Cl2N5O2/c1-13-3-8-17-16(11-13)18(20(25)30(17)12-14-4-6-15(24)7-5-14)19(31)23-28-22(29-32-23)21-26-9-2-10-27-21/h2-11,18,20H,12H2,1H3. The summed E-state index contributed by atoms with van der Waals surface area (Å²) < 4.78 is 5.27. The molecule has 160 valence electrons. The molecule has 5 rings (SSSR count). The summed E-state index contributed by atoms with van der Waals surface area (Å²) in [6, 6.07) is 15.2. The van der Waals surface area contributed by atoms with E-state index in [1.54, 1.807) is 18.5 Å². The Morgan fingerprint density at radius 1 is 1.09 bits per heavy atom. The van der Waals surface area contributed by atoms with Crippen molar-refractivity contribution in [2.45, 2.75) is 24.9 Å². The number of halogens is 2. The fraction of sp³-hybridized carbons (Fsp3) is 0.174. The van der Waals surface area contributed by atoms with Crippen LogP contribution in [0.15, 0.2) is 65.4 Å². The number of Topliss-reactive ketones (excluding diaryl/α,β-unsaturated/α-hetero) is 1. The number of alkyl halides is 1. The van der Waals surface area contributed by atoms with Crippen LogP contribution in [-0.2, 0) is 6.54 Å². The molecule has 1 aliphatic rings. The number of fused-ring (bicyclic) bond motifs is 1. The molecule has 3 heterocycles. The van der Waals surface area contributed by atoms with E-state index >= 15 is 0 Å². The quantitative estimate of drug-likeness (QED) is 0.231. The lowest BCUT2D eigenvalue weighted by atomic mass is 9.95. The average Bonchev–Trinajstić information content (AvgIpc) is 3.39. The molecule has 1 aliphatic heterocycles. The van der Waals surface area contributed by atoms with Crippen LogP contribution in [0.5, 0.6) is 0 Å². The lowest BCUT2D eigenvalue weighted by Crippen LogP contribution is -2.32. The van der Waals surface area contributed by atoms with Gasteiger partial charge in [0.1, 0.15) is 5.50 Å². The normalized spacial score (nSPS) is 17.4. The third-order valence-corrected chi connectivity index (χ3v) is 6.09. The summed E-state index contributed by atoms with van der Waals surface area (Å²) >= 11 is 12.9. The molecular formula is C23H17Cl2N5O2. The molecule has 2 aromatic carbocycles. The van der Waals surface area contributed by atoms with E-state index in [0.29, 0.717) is 11.6 Å². The highest BCUT2D eigenvalue weighted by atomic mass is 35.5. The highest BCUT2D eigenvalue weighted by Crippen LogP contribution is 2.45. The highest BCUT2D eigenvalue weighted by Gasteiger charge is 2.44. The van der Waals surface area contributed by atoms with Gasteiger partial charge in [-0.05, 0) is 42.3 Å². The van der Waals surface area contributed by atoms with E-state index in [2.05, 4.69) is 20.1 Å². The van der Waals surface area contributed by atoms with Crippen molar-refractivity contribution in [3.8, 4) is 11.6 Å². The number of aryl methyl sites for hydroxylation is 1. The molecule has 7 nitrogen and oxygen atoms in total. The summed E-state index contributed by atoms with van der Waals surface area (Å²) in [5, 5.41) is 4.53. The zero-order valence-electron chi connectivity index (χ0n) is 16.9. The van der Waals surface area contributed by atoms with Crippen molar-refractivity contribution < 1.29 is 9.32 Å². The predicted molar refractivity (Wildman–Crippen MR) is 121 cm³/mol. The molecule has 32 heavy (non-hydrogen) atoms. The second-order valence-electron chi connectivity index (χ2n) is 7.53. The molecule has 0 spiro atoms. The lowest BCUT2D eigenvalue weighted by molar-refractivity contribution is 0.0917. The molecule has 0 N–H and O–H groups in total. The van der Waals surface area contributed by atoms with Crippen molar-refractivity contribution in [3.05, 3.63) is 88.5 Å². The third kappa shape index (κ3) is 3.74. The number of anilines is 1. The molecule has 0 radical (unpaired) electrons. The van der Waals surface area contributed by atoms with E-state index in [-0.39, 0.29) is 23.3 Å². The zero-order chi connectivity index (χ0) is 22.2. The van der Waals surface area contributed by atoms with Gasteiger partial charge in [-0.25, -0.2) is 9.97 Å². The molecule has 0 saturated heterocycles. The minimum Gasteiger partial charge on any atom is -0.350 e. The second kappa shape index (κ2) is 8.33. The number of rotatable bonds is 5. The van der Waals surface area contributed by atoms with E-state index in [4.69, 9.17) is 27.7 Å². The van der Waals surface area contributed by atoms with Crippen molar-refractivity contribution in [1.29, 1.82) is 0 Å². The summed E-state index contributed by atoms with van der Waals surface area (Å²) in [6.07, 6.45) is 3.14. The van der Waals surface area contributed by atoms with Crippen molar-refractivity contribution in [3.63, 3.8) is 0 Å². The van der Waals surface area contributed by atoms with Crippen molar-refractivity contribution in [1.82, 2.24) is 20.1 Å². The molecule has 4 aromatic rings. The topological polar surface area (TPSA) is 85.0 Å². The van der Waals surface area contributed by atoms with Gasteiger partial charge in [0.15, 0.2) is 0 Å². The number of carbonyl (C=O) groups excluding carboxylic acids is 1. The first kappa shape index (κ1) is 20.6. The molecule has 2 aromatic heterocycles. The van der Waals surface area contributed by atoms with Gasteiger partial charge < -0.3 is 9.42 Å². The zero-order valence-corrected chi connectivity index (χ0v) is 18.5. The Bertz CT molecular complexity index is 1280. The van der Waals surface area contributed by atoms with Gasteiger partial charge in [-0.1, -0.05) is 58.2 Å². The van der Waals surface area contributed by atoms with Crippen molar-refractivity contribution >= 4 is 34.7 Å². The van der Waals surface area contributed by atoms with Crippen LogP contribution in [0.25, 0.3) is 11.6 Å². The van der Waals surface area contributed by atoms with Crippen LogP contribution in [0.4, 0.5) is 5.69 Å².